The van der Waals surface area contributed by atoms with Crippen molar-refractivity contribution in [3.05, 3.63) is 0 Å². The third kappa shape index (κ3) is 2.81. The van der Waals surface area contributed by atoms with Crippen molar-refractivity contribution in [2.24, 2.45) is 17.2 Å². The van der Waals surface area contributed by atoms with E-state index in [0.29, 0.717) is 0 Å². The number of amides is 5. The van der Waals surface area contributed by atoms with Crippen molar-refractivity contribution < 1.29 is 14.4 Å². The Bertz CT molecular complexity index is 248. The average molecular weight is 203 g/mol. The molecule has 0 aliphatic heterocycles. The minimum atomic E-state index is -1.72. The first-order valence-electron chi connectivity index (χ1n) is 3.79. The Balaban J connectivity index is 4.87. The first-order valence-corrected chi connectivity index (χ1v) is 3.79. The maximum atomic E-state index is 11.0. The van der Waals surface area contributed by atoms with Crippen LogP contribution in [0.4, 0.5) is 9.59 Å². The molecule has 0 aromatic carbocycles. The maximum absolute atomic E-state index is 11.0. The molecule has 0 rings (SSSR count). The van der Waals surface area contributed by atoms with Gasteiger partial charge in [0.05, 0.1) is 0 Å². The molecule has 0 saturated carbocycles. The predicted octanol–water partition coefficient (Wildman–Crippen LogP) is -2.09. The van der Waals surface area contributed by atoms with Crippen molar-refractivity contribution in [3.63, 3.8) is 0 Å². The van der Waals surface area contributed by atoms with Crippen molar-refractivity contribution in [2.75, 3.05) is 0 Å². The Hall–Kier alpha value is -1.99. The second kappa shape index (κ2) is 4.30. The Kier molecular flexibility index (Phi) is 3.69. The summed E-state index contributed by atoms with van der Waals surface area (Å²) >= 11 is 0. The van der Waals surface area contributed by atoms with Crippen LogP contribution in [-0.4, -0.2) is 23.6 Å². The van der Waals surface area contributed by atoms with Gasteiger partial charge in [0.15, 0.2) is 5.66 Å². The molecule has 0 aromatic rings. The first-order chi connectivity index (χ1) is 6.34. The number of hydrogen-bond donors (Lipinski definition) is 5. The van der Waals surface area contributed by atoms with Crippen LogP contribution >= 0.6 is 0 Å². The third-order valence-electron chi connectivity index (χ3n) is 1.62. The smallest absolute Gasteiger partial charge is 0.314 e. The van der Waals surface area contributed by atoms with Gasteiger partial charge >= 0.3 is 12.1 Å². The Labute approximate surface area is 80.2 Å². The van der Waals surface area contributed by atoms with E-state index in [1.165, 1.54) is 6.92 Å². The lowest BCUT2D eigenvalue weighted by Gasteiger charge is -2.29. The van der Waals surface area contributed by atoms with E-state index < -0.39 is 23.6 Å². The predicted molar refractivity (Wildman–Crippen MR) is 47.7 cm³/mol. The van der Waals surface area contributed by atoms with E-state index in [9.17, 15) is 14.4 Å². The lowest BCUT2D eigenvalue weighted by molar-refractivity contribution is -0.125. The highest BCUT2D eigenvalue weighted by molar-refractivity contribution is 5.92. The highest BCUT2D eigenvalue weighted by Crippen LogP contribution is 2.04. The van der Waals surface area contributed by atoms with Gasteiger partial charge in [0, 0.05) is 0 Å². The van der Waals surface area contributed by atoms with Crippen molar-refractivity contribution in [1.82, 2.24) is 10.6 Å². The number of urea groups is 2. The largest absolute Gasteiger partial charge is 0.366 e. The number of primary amides is 3. The molecule has 0 bridgehead atoms. The molecule has 0 fully saturated rings. The zero-order chi connectivity index (χ0) is 11.4. The zero-order valence-corrected chi connectivity index (χ0v) is 7.66. The molecule has 80 valence electrons. The van der Waals surface area contributed by atoms with E-state index >= 15 is 0 Å². The van der Waals surface area contributed by atoms with Gasteiger partial charge in [-0.2, -0.15) is 0 Å². The number of hydrogen-bond acceptors (Lipinski definition) is 3. The molecule has 0 atom stereocenters. The molecule has 0 aliphatic rings. The van der Waals surface area contributed by atoms with Gasteiger partial charge < -0.3 is 27.8 Å². The number of nitrogens with two attached hydrogens (primary N) is 3. The van der Waals surface area contributed by atoms with E-state index in [0.717, 1.165) is 0 Å². The van der Waals surface area contributed by atoms with Crippen LogP contribution in [0.25, 0.3) is 0 Å². The molecule has 5 amide bonds. The molecular weight excluding hydrogens is 190 g/mol. The molecule has 0 spiro atoms. The van der Waals surface area contributed by atoms with Crippen molar-refractivity contribution in [3.8, 4) is 0 Å². The molecule has 0 radical (unpaired) electrons. The van der Waals surface area contributed by atoms with E-state index in [1.807, 2.05) is 10.6 Å². The average Bonchev–Trinajstić information content (AvgIpc) is 2.00. The summed E-state index contributed by atoms with van der Waals surface area (Å²) in [5, 5.41) is 4.05. The minimum absolute atomic E-state index is 0.0359. The number of carbonyl (C=O) groups is 3. The van der Waals surface area contributed by atoms with Gasteiger partial charge in [-0.3, -0.25) is 4.79 Å². The van der Waals surface area contributed by atoms with E-state index in [2.05, 4.69) is 0 Å². The summed E-state index contributed by atoms with van der Waals surface area (Å²) < 4.78 is 0. The molecule has 14 heavy (non-hydrogen) atoms. The van der Waals surface area contributed by atoms with Crippen molar-refractivity contribution >= 4 is 18.0 Å². The second-order valence-corrected chi connectivity index (χ2v) is 2.60. The molecule has 0 aliphatic carbocycles. The van der Waals surface area contributed by atoms with Gasteiger partial charge in [-0.25, -0.2) is 9.59 Å². The van der Waals surface area contributed by atoms with Crippen LogP contribution in [0.5, 0.6) is 0 Å². The van der Waals surface area contributed by atoms with E-state index in [4.69, 9.17) is 17.2 Å². The van der Waals surface area contributed by atoms with Crippen LogP contribution in [0.2, 0.25) is 0 Å². The van der Waals surface area contributed by atoms with Crippen LogP contribution in [0.3, 0.4) is 0 Å². The van der Waals surface area contributed by atoms with Crippen LogP contribution in [0.1, 0.15) is 13.3 Å². The molecule has 0 aromatic heterocycles. The fourth-order valence-electron chi connectivity index (χ4n) is 0.926. The quantitative estimate of drug-likeness (QED) is 0.333. The molecule has 8 nitrogen and oxygen atoms in total. The number of rotatable bonds is 4. The topological polar surface area (TPSA) is 153 Å². The van der Waals surface area contributed by atoms with Crippen LogP contribution < -0.4 is 27.8 Å². The van der Waals surface area contributed by atoms with Crippen molar-refractivity contribution in [2.45, 2.75) is 19.0 Å². The highest BCUT2D eigenvalue weighted by atomic mass is 16.2. The number of carbonyl (C=O) groups excluding carboxylic acids is 3. The summed E-state index contributed by atoms with van der Waals surface area (Å²) in [6.07, 6.45) is 0.0359. The standard InChI is InChI=1S/C6H13N5O3/c1-2-6(3(7)12,10-4(8)13)11-5(9)14/h2H2,1H3,(H2,7,12)(H3,8,10,13)(H3,9,11,14). The van der Waals surface area contributed by atoms with Crippen molar-refractivity contribution in [1.29, 1.82) is 0 Å². The lowest BCUT2D eigenvalue weighted by Crippen LogP contribution is -2.69. The van der Waals surface area contributed by atoms with Crippen LogP contribution in [-0.2, 0) is 4.79 Å². The lowest BCUT2D eigenvalue weighted by atomic mass is 10.1. The Morgan fingerprint density at radius 2 is 1.43 bits per heavy atom. The summed E-state index contributed by atoms with van der Waals surface area (Å²) in [5.74, 6) is -0.947. The fourth-order valence-corrected chi connectivity index (χ4v) is 0.926. The fraction of sp³-hybridized carbons (Fsp3) is 0.500. The molecule has 0 unspecified atom stereocenters. The summed E-state index contributed by atoms with van der Waals surface area (Å²) in [4.78, 5) is 32.1. The summed E-state index contributed by atoms with van der Waals surface area (Å²) in [6, 6.07) is -1.97. The highest BCUT2D eigenvalue weighted by Gasteiger charge is 2.37. The van der Waals surface area contributed by atoms with Gasteiger partial charge in [-0.15, -0.1) is 0 Å². The summed E-state index contributed by atoms with van der Waals surface area (Å²) in [6.45, 7) is 1.52. The Morgan fingerprint density at radius 3 is 1.57 bits per heavy atom. The molecule has 0 heterocycles. The van der Waals surface area contributed by atoms with Gasteiger partial charge in [0.1, 0.15) is 0 Å². The number of nitrogens with one attached hydrogen (secondary N) is 2. The molecule has 0 saturated heterocycles. The third-order valence-corrected chi connectivity index (χ3v) is 1.62. The maximum Gasteiger partial charge on any atom is 0.314 e. The second-order valence-electron chi connectivity index (χ2n) is 2.60. The normalized spacial score (nSPS) is 10.4. The SMILES string of the molecule is CCC(NC(N)=O)(NC(N)=O)C(N)=O. The van der Waals surface area contributed by atoms with E-state index in [-0.39, 0.29) is 6.42 Å². The molecular formula is C6H13N5O3. The summed E-state index contributed by atoms with van der Waals surface area (Å²) in [7, 11) is 0. The zero-order valence-electron chi connectivity index (χ0n) is 7.66. The summed E-state index contributed by atoms with van der Waals surface area (Å²) in [5.41, 5.74) is 12.9. The van der Waals surface area contributed by atoms with E-state index in [1.54, 1.807) is 0 Å². The molecule has 8 N–H and O–H groups in total. The van der Waals surface area contributed by atoms with Crippen LogP contribution in [0.15, 0.2) is 0 Å². The first kappa shape index (κ1) is 12.0. The Morgan fingerprint density at radius 1 is 1.07 bits per heavy atom. The van der Waals surface area contributed by atoms with Gasteiger partial charge in [0.2, 0.25) is 0 Å². The van der Waals surface area contributed by atoms with Gasteiger partial charge in [-0.1, -0.05) is 6.92 Å². The van der Waals surface area contributed by atoms with Gasteiger partial charge in [0.25, 0.3) is 5.91 Å². The van der Waals surface area contributed by atoms with Crippen LogP contribution in [0, 0.1) is 0 Å². The molecule has 8 heteroatoms. The van der Waals surface area contributed by atoms with Gasteiger partial charge in [-0.05, 0) is 6.42 Å². The minimum Gasteiger partial charge on any atom is -0.366 e. The monoisotopic (exact) mass is 203 g/mol.